The van der Waals surface area contributed by atoms with Gasteiger partial charge in [-0.2, -0.15) is 5.10 Å². The second-order valence-corrected chi connectivity index (χ2v) is 5.83. The van der Waals surface area contributed by atoms with Crippen molar-refractivity contribution in [2.24, 2.45) is 5.92 Å². The normalized spacial score (nSPS) is 20.8. The van der Waals surface area contributed by atoms with Crippen LogP contribution in [0, 0.1) is 12.8 Å². The van der Waals surface area contributed by atoms with Crippen LogP contribution < -0.4 is 0 Å². The van der Waals surface area contributed by atoms with Crippen LogP contribution in [0.5, 0.6) is 0 Å². The molecule has 0 radical (unpaired) electrons. The summed E-state index contributed by atoms with van der Waals surface area (Å²) in [5.74, 6) is 0.515. The van der Waals surface area contributed by atoms with Crippen LogP contribution >= 0.6 is 0 Å². The number of rotatable bonds is 7. The zero-order chi connectivity index (χ0) is 13.5. The Bertz CT molecular complexity index is 364. The molecule has 1 aliphatic rings. The van der Waals surface area contributed by atoms with Gasteiger partial charge in [0.05, 0.1) is 6.20 Å². The number of nitrogens with zero attached hydrogens (tertiary/aromatic N) is 3. The van der Waals surface area contributed by atoms with E-state index in [9.17, 15) is 5.11 Å². The van der Waals surface area contributed by atoms with Crippen molar-refractivity contribution in [2.45, 2.75) is 45.6 Å². The van der Waals surface area contributed by atoms with Gasteiger partial charge in [0.2, 0.25) is 0 Å². The van der Waals surface area contributed by atoms with Crippen LogP contribution in [0.25, 0.3) is 0 Å². The Morgan fingerprint density at radius 3 is 2.89 bits per heavy atom. The summed E-state index contributed by atoms with van der Waals surface area (Å²) in [6, 6.07) is 0. The van der Waals surface area contributed by atoms with Gasteiger partial charge < -0.3 is 10.0 Å². The molecule has 1 saturated heterocycles. The van der Waals surface area contributed by atoms with Gasteiger partial charge >= 0.3 is 0 Å². The minimum absolute atomic E-state index is 0.356. The maximum Gasteiger partial charge on any atom is 0.0518 e. The minimum atomic E-state index is 0.356. The summed E-state index contributed by atoms with van der Waals surface area (Å²) in [5, 5.41) is 13.5. The van der Waals surface area contributed by atoms with Crippen molar-refractivity contribution < 1.29 is 5.11 Å². The smallest absolute Gasteiger partial charge is 0.0518 e. The molecule has 0 amide bonds. The molecule has 0 spiro atoms. The van der Waals surface area contributed by atoms with E-state index in [1.807, 2.05) is 10.9 Å². The van der Waals surface area contributed by atoms with E-state index in [4.69, 9.17) is 0 Å². The first-order chi connectivity index (χ1) is 9.28. The van der Waals surface area contributed by atoms with Gasteiger partial charge in [-0.05, 0) is 57.2 Å². The summed E-state index contributed by atoms with van der Waals surface area (Å²) in [6.45, 7) is 6.97. The topological polar surface area (TPSA) is 41.3 Å². The SMILES string of the molecule is Cc1cnn(CCCCCN2CCCC(CO)C2)c1. The van der Waals surface area contributed by atoms with E-state index in [-0.39, 0.29) is 0 Å². The average Bonchev–Trinajstić information content (AvgIpc) is 2.84. The monoisotopic (exact) mass is 265 g/mol. The van der Waals surface area contributed by atoms with E-state index >= 15 is 0 Å². The number of aliphatic hydroxyl groups excluding tert-OH is 1. The van der Waals surface area contributed by atoms with E-state index in [2.05, 4.69) is 23.1 Å². The summed E-state index contributed by atoms with van der Waals surface area (Å²) in [7, 11) is 0. The van der Waals surface area contributed by atoms with Gasteiger partial charge in [-0.3, -0.25) is 4.68 Å². The van der Waals surface area contributed by atoms with Gasteiger partial charge in [-0.15, -0.1) is 0 Å². The Balaban J connectivity index is 1.54. The number of unbranched alkanes of at least 4 members (excludes halogenated alkanes) is 2. The highest BCUT2D eigenvalue weighted by Crippen LogP contribution is 2.16. The van der Waals surface area contributed by atoms with Crippen molar-refractivity contribution >= 4 is 0 Å². The zero-order valence-corrected chi connectivity index (χ0v) is 12.1. The summed E-state index contributed by atoms with van der Waals surface area (Å²) in [5.41, 5.74) is 1.24. The van der Waals surface area contributed by atoms with E-state index in [0.717, 1.165) is 13.1 Å². The highest BCUT2D eigenvalue weighted by Gasteiger charge is 2.18. The zero-order valence-electron chi connectivity index (χ0n) is 12.1. The molecule has 19 heavy (non-hydrogen) atoms. The largest absolute Gasteiger partial charge is 0.396 e. The van der Waals surface area contributed by atoms with E-state index in [1.54, 1.807) is 0 Å². The molecule has 0 aromatic carbocycles. The fourth-order valence-corrected chi connectivity index (χ4v) is 2.88. The lowest BCUT2D eigenvalue weighted by molar-refractivity contribution is 0.119. The van der Waals surface area contributed by atoms with Gasteiger partial charge in [-0.1, -0.05) is 6.42 Å². The first-order valence-electron chi connectivity index (χ1n) is 7.60. The molecule has 2 heterocycles. The van der Waals surface area contributed by atoms with Crippen molar-refractivity contribution in [2.75, 3.05) is 26.2 Å². The van der Waals surface area contributed by atoms with Crippen LogP contribution in [0.15, 0.2) is 12.4 Å². The van der Waals surface area contributed by atoms with Gasteiger partial charge in [0.1, 0.15) is 0 Å². The Morgan fingerprint density at radius 2 is 2.16 bits per heavy atom. The van der Waals surface area contributed by atoms with Gasteiger partial charge in [0.25, 0.3) is 0 Å². The summed E-state index contributed by atoms with van der Waals surface area (Å²) >= 11 is 0. The number of aryl methyl sites for hydroxylation is 2. The lowest BCUT2D eigenvalue weighted by Crippen LogP contribution is -2.37. The molecule has 2 rings (SSSR count). The number of hydrogen-bond donors (Lipinski definition) is 1. The Kier molecular flexibility index (Phi) is 5.86. The standard InChI is InChI=1S/C15H27N3O/c1-14-10-16-18(11-14)9-4-2-3-7-17-8-5-6-15(12-17)13-19/h10-11,15,19H,2-9,12-13H2,1H3. The molecule has 1 aliphatic heterocycles. The third kappa shape index (κ3) is 4.96. The molecule has 0 aliphatic carbocycles. The first-order valence-corrected chi connectivity index (χ1v) is 7.60. The highest BCUT2D eigenvalue weighted by molar-refractivity contribution is 4.99. The number of aromatic nitrogens is 2. The second-order valence-electron chi connectivity index (χ2n) is 5.83. The number of likely N-dealkylation sites (tertiary alicyclic amines) is 1. The molecule has 1 atom stereocenters. The van der Waals surface area contributed by atoms with Crippen LogP contribution in [0.2, 0.25) is 0 Å². The maximum atomic E-state index is 9.21. The minimum Gasteiger partial charge on any atom is -0.396 e. The molecule has 1 unspecified atom stereocenters. The molecule has 1 fully saturated rings. The number of aliphatic hydroxyl groups is 1. The molecule has 1 aromatic heterocycles. The van der Waals surface area contributed by atoms with Crippen molar-refractivity contribution in [3.63, 3.8) is 0 Å². The molecule has 0 bridgehead atoms. The third-order valence-corrected chi connectivity index (χ3v) is 3.99. The second kappa shape index (κ2) is 7.65. The molecule has 1 aromatic rings. The van der Waals surface area contributed by atoms with Crippen molar-refractivity contribution in [1.82, 2.24) is 14.7 Å². The molecule has 0 saturated carbocycles. The average molecular weight is 265 g/mol. The van der Waals surface area contributed by atoms with Gasteiger partial charge in [0, 0.05) is 25.9 Å². The molecular formula is C15H27N3O. The Morgan fingerprint density at radius 1 is 1.32 bits per heavy atom. The molecular weight excluding hydrogens is 238 g/mol. The van der Waals surface area contributed by atoms with Crippen LogP contribution in [0.1, 0.15) is 37.7 Å². The summed E-state index contributed by atoms with van der Waals surface area (Å²) in [4.78, 5) is 2.52. The van der Waals surface area contributed by atoms with Crippen molar-refractivity contribution in [1.29, 1.82) is 0 Å². The lowest BCUT2D eigenvalue weighted by atomic mass is 9.99. The number of piperidine rings is 1. The van der Waals surface area contributed by atoms with E-state index < -0.39 is 0 Å². The fourth-order valence-electron chi connectivity index (χ4n) is 2.88. The van der Waals surface area contributed by atoms with Crippen LogP contribution in [0.3, 0.4) is 0 Å². The molecule has 108 valence electrons. The van der Waals surface area contributed by atoms with Gasteiger partial charge in [0.15, 0.2) is 0 Å². The third-order valence-electron chi connectivity index (χ3n) is 3.99. The van der Waals surface area contributed by atoms with Gasteiger partial charge in [-0.25, -0.2) is 0 Å². The Labute approximate surface area is 116 Å². The Hall–Kier alpha value is -0.870. The fraction of sp³-hybridized carbons (Fsp3) is 0.800. The maximum absolute atomic E-state index is 9.21. The van der Waals surface area contributed by atoms with E-state index in [1.165, 1.54) is 50.8 Å². The number of hydrogen-bond acceptors (Lipinski definition) is 3. The predicted octanol–water partition coefficient (Wildman–Crippen LogP) is 2.07. The quantitative estimate of drug-likeness (QED) is 0.767. The molecule has 1 N–H and O–H groups in total. The summed E-state index contributed by atoms with van der Waals surface area (Å²) in [6.07, 6.45) is 10.2. The van der Waals surface area contributed by atoms with Crippen molar-refractivity contribution in [3.05, 3.63) is 18.0 Å². The van der Waals surface area contributed by atoms with Crippen LogP contribution in [-0.2, 0) is 6.54 Å². The first kappa shape index (κ1) is 14.5. The van der Waals surface area contributed by atoms with Crippen LogP contribution in [-0.4, -0.2) is 46.0 Å². The lowest BCUT2D eigenvalue weighted by Gasteiger charge is -2.31. The molecule has 4 heteroatoms. The summed E-state index contributed by atoms with van der Waals surface area (Å²) < 4.78 is 2.04. The van der Waals surface area contributed by atoms with Crippen LogP contribution in [0.4, 0.5) is 0 Å². The van der Waals surface area contributed by atoms with Crippen molar-refractivity contribution in [3.8, 4) is 0 Å². The van der Waals surface area contributed by atoms with E-state index in [0.29, 0.717) is 12.5 Å². The molecule has 4 nitrogen and oxygen atoms in total. The predicted molar refractivity (Wildman–Crippen MR) is 77.1 cm³/mol. The highest BCUT2D eigenvalue weighted by atomic mass is 16.3.